The molecule has 1 aliphatic rings. The average molecular weight is 467 g/mol. The van der Waals surface area contributed by atoms with Crippen molar-refractivity contribution in [1.29, 1.82) is 0 Å². The summed E-state index contributed by atoms with van der Waals surface area (Å²) in [7, 11) is 3.55. The van der Waals surface area contributed by atoms with Gasteiger partial charge >= 0.3 is 6.18 Å². The number of methoxy groups -OCH3 is 1. The van der Waals surface area contributed by atoms with E-state index < -0.39 is 11.7 Å². The Morgan fingerprint density at radius 3 is 2.35 bits per heavy atom. The zero-order valence-electron chi connectivity index (χ0n) is 18.9. The Morgan fingerprint density at radius 2 is 1.62 bits per heavy atom. The van der Waals surface area contributed by atoms with Gasteiger partial charge in [-0.1, -0.05) is 12.1 Å². The van der Waals surface area contributed by atoms with E-state index in [0.29, 0.717) is 28.3 Å². The van der Waals surface area contributed by atoms with Gasteiger partial charge in [0.1, 0.15) is 5.75 Å². The van der Waals surface area contributed by atoms with E-state index in [4.69, 9.17) is 9.72 Å². The van der Waals surface area contributed by atoms with Crippen LogP contribution in [0.15, 0.2) is 60.8 Å². The summed E-state index contributed by atoms with van der Waals surface area (Å²) in [5, 5.41) is 4.67. The summed E-state index contributed by atoms with van der Waals surface area (Å²) in [6.07, 6.45) is -2.72. The van der Waals surface area contributed by atoms with E-state index in [-0.39, 0.29) is 0 Å². The molecule has 6 nitrogen and oxygen atoms in total. The molecule has 34 heavy (non-hydrogen) atoms. The van der Waals surface area contributed by atoms with Crippen molar-refractivity contribution in [3.05, 3.63) is 66.4 Å². The van der Waals surface area contributed by atoms with Crippen molar-refractivity contribution in [2.45, 2.75) is 6.18 Å². The van der Waals surface area contributed by atoms with Crippen LogP contribution in [0.1, 0.15) is 5.56 Å². The fraction of sp³-hybridized carbons (Fsp3) is 0.280. The predicted octanol–water partition coefficient (Wildman–Crippen LogP) is 4.84. The fourth-order valence-electron chi connectivity index (χ4n) is 4.31. The van der Waals surface area contributed by atoms with Crippen LogP contribution in [-0.4, -0.2) is 59.8 Å². The fourth-order valence-corrected chi connectivity index (χ4v) is 4.31. The van der Waals surface area contributed by atoms with Crippen LogP contribution in [0.25, 0.3) is 28.2 Å². The number of hydrogen-bond donors (Lipinski definition) is 0. The molecule has 2 aromatic carbocycles. The largest absolute Gasteiger partial charge is 0.496 e. The summed E-state index contributed by atoms with van der Waals surface area (Å²) in [5.41, 5.74) is 2.48. The molecule has 0 radical (unpaired) electrons. The number of anilines is 1. The minimum Gasteiger partial charge on any atom is -0.496 e. The Balaban J connectivity index is 1.62. The lowest BCUT2D eigenvalue weighted by Crippen LogP contribution is -2.44. The molecule has 0 spiro atoms. The molecule has 0 unspecified atom stereocenters. The molecule has 9 heteroatoms. The van der Waals surface area contributed by atoms with Crippen LogP contribution in [0.4, 0.5) is 18.9 Å². The average Bonchev–Trinajstić information content (AvgIpc) is 3.28. The van der Waals surface area contributed by atoms with Gasteiger partial charge in [0, 0.05) is 54.8 Å². The first kappa shape index (κ1) is 22.2. The standard InChI is InChI=1S/C25H24F3N5O/c1-31-12-14-32(15-13-31)21-8-4-3-6-19(21)23-29-24-18(7-5-11-33(24)30-23)20-16-17(25(26,27)28)9-10-22(20)34-2/h3-11,16H,12-15H2,1-2H3. The second kappa shape index (κ2) is 8.64. The van der Waals surface area contributed by atoms with Crippen molar-refractivity contribution in [1.82, 2.24) is 19.5 Å². The van der Waals surface area contributed by atoms with Gasteiger partial charge in [-0.2, -0.15) is 13.2 Å². The van der Waals surface area contributed by atoms with Crippen LogP contribution < -0.4 is 9.64 Å². The highest BCUT2D eigenvalue weighted by Gasteiger charge is 2.31. The van der Waals surface area contributed by atoms with E-state index in [0.717, 1.165) is 49.6 Å². The number of piperazine rings is 1. The van der Waals surface area contributed by atoms with E-state index in [9.17, 15) is 13.2 Å². The molecule has 1 aliphatic heterocycles. The Labute approximate surface area is 195 Å². The molecule has 0 saturated carbocycles. The number of para-hydroxylation sites is 1. The van der Waals surface area contributed by atoms with Gasteiger partial charge in [0.05, 0.1) is 12.7 Å². The summed E-state index contributed by atoms with van der Waals surface area (Å²) in [6, 6.07) is 14.9. The highest BCUT2D eigenvalue weighted by atomic mass is 19.4. The smallest absolute Gasteiger partial charge is 0.416 e. The van der Waals surface area contributed by atoms with Gasteiger partial charge in [-0.3, -0.25) is 0 Å². The molecule has 0 N–H and O–H groups in total. The van der Waals surface area contributed by atoms with Gasteiger partial charge in [-0.15, -0.1) is 5.10 Å². The van der Waals surface area contributed by atoms with Crippen LogP contribution in [0.2, 0.25) is 0 Å². The Morgan fingerprint density at radius 1 is 0.882 bits per heavy atom. The minimum absolute atomic E-state index is 0.314. The van der Waals surface area contributed by atoms with Crippen molar-refractivity contribution in [3.63, 3.8) is 0 Å². The second-order valence-electron chi connectivity index (χ2n) is 8.35. The maximum atomic E-state index is 13.4. The molecule has 4 aromatic rings. The summed E-state index contributed by atoms with van der Waals surface area (Å²) in [5.74, 6) is 0.858. The number of fused-ring (bicyclic) bond motifs is 1. The van der Waals surface area contributed by atoms with E-state index in [1.165, 1.54) is 13.2 Å². The molecular formula is C25H24F3N5O. The Kier molecular flexibility index (Phi) is 5.65. The molecular weight excluding hydrogens is 443 g/mol. The molecule has 2 aromatic heterocycles. The lowest BCUT2D eigenvalue weighted by Gasteiger charge is -2.34. The van der Waals surface area contributed by atoms with E-state index in [1.54, 1.807) is 22.8 Å². The molecule has 0 amide bonds. The topological polar surface area (TPSA) is 45.9 Å². The van der Waals surface area contributed by atoms with Crippen molar-refractivity contribution >= 4 is 11.3 Å². The van der Waals surface area contributed by atoms with Crippen molar-refractivity contribution in [2.75, 3.05) is 45.2 Å². The van der Waals surface area contributed by atoms with Crippen molar-refractivity contribution < 1.29 is 17.9 Å². The summed E-state index contributed by atoms with van der Waals surface area (Å²) in [6.45, 7) is 3.72. The van der Waals surface area contributed by atoms with E-state index >= 15 is 0 Å². The quantitative estimate of drug-likeness (QED) is 0.430. The number of rotatable bonds is 4. The second-order valence-corrected chi connectivity index (χ2v) is 8.35. The number of hydrogen-bond acceptors (Lipinski definition) is 5. The molecule has 0 aliphatic carbocycles. The monoisotopic (exact) mass is 467 g/mol. The van der Waals surface area contributed by atoms with Gasteiger partial charge in [0.25, 0.3) is 0 Å². The number of aromatic nitrogens is 3. The van der Waals surface area contributed by atoms with Crippen LogP contribution >= 0.6 is 0 Å². The number of nitrogens with zero attached hydrogens (tertiary/aromatic N) is 5. The lowest BCUT2D eigenvalue weighted by molar-refractivity contribution is -0.137. The number of pyridine rings is 1. The third kappa shape index (κ3) is 4.07. The first-order valence-electron chi connectivity index (χ1n) is 11.0. The van der Waals surface area contributed by atoms with Crippen LogP contribution in [0.3, 0.4) is 0 Å². The normalized spacial score (nSPS) is 15.1. The Bertz CT molecular complexity index is 1330. The van der Waals surface area contributed by atoms with Crippen molar-refractivity contribution in [2.24, 2.45) is 0 Å². The first-order chi connectivity index (χ1) is 16.3. The van der Waals surface area contributed by atoms with Gasteiger partial charge in [0.2, 0.25) is 0 Å². The van der Waals surface area contributed by atoms with Crippen LogP contribution in [-0.2, 0) is 6.18 Å². The maximum absolute atomic E-state index is 13.4. The third-order valence-corrected chi connectivity index (χ3v) is 6.17. The third-order valence-electron chi connectivity index (χ3n) is 6.17. The molecule has 0 atom stereocenters. The number of benzene rings is 2. The van der Waals surface area contributed by atoms with E-state index in [1.807, 2.05) is 18.2 Å². The zero-order valence-corrected chi connectivity index (χ0v) is 18.9. The van der Waals surface area contributed by atoms with E-state index in [2.05, 4.69) is 28.0 Å². The lowest BCUT2D eigenvalue weighted by atomic mass is 10.0. The highest BCUT2D eigenvalue weighted by Crippen LogP contribution is 2.39. The summed E-state index contributed by atoms with van der Waals surface area (Å²) >= 11 is 0. The predicted molar refractivity (Wildman–Crippen MR) is 125 cm³/mol. The number of ether oxygens (including phenoxy) is 1. The van der Waals surface area contributed by atoms with Gasteiger partial charge < -0.3 is 14.5 Å². The number of halogens is 3. The zero-order chi connectivity index (χ0) is 23.9. The van der Waals surface area contributed by atoms with Gasteiger partial charge in [-0.05, 0) is 49.5 Å². The summed E-state index contributed by atoms with van der Waals surface area (Å²) < 4.78 is 47.2. The van der Waals surface area contributed by atoms with Crippen LogP contribution in [0, 0.1) is 0 Å². The van der Waals surface area contributed by atoms with Crippen LogP contribution in [0.5, 0.6) is 5.75 Å². The Hall–Kier alpha value is -3.59. The SMILES string of the molecule is COc1ccc(C(F)(F)F)cc1-c1cccn2nc(-c3ccccc3N3CCN(C)CC3)nc12. The van der Waals surface area contributed by atoms with Crippen molar-refractivity contribution in [3.8, 4) is 28.3 Å². The summed E-state index contributed by atoms with van der Waals surface area (Å²) in [4.78, 5) is 9.38. The van der Waals surface area contributed by atoms with Gasteiger partial charge in [-0.25, -0.2) is 9.50 Å². The minimum atomic E-state index is -4.47. The van der Waals surface area contributed by atoms with Gasteiger partial charge in [0.15, 0.2) is 11.5 Å². The molecule has 1 saturated heterocycles. The molecule has 176 valence electrons. The highest BCUT2D eigenvalue weighted by molar-refractivity contribution is 5.84. The first-order valence-corrected chi connectivity index (χ1v) is 11.0. The number of alkyl halides is 3. The maximum Gasteiger partial charge on any atom is 0.416 e. The molecule has 0 bridgehead atoms. The molecule has 3 heterocycles. The molecule has 5 rings (SSSR count). The number of likely N-dealkylation sites (N-methyl/N-ethyl adjacent to an activating group) is 1. The molecule has 1 fully saturated rings.